The zero-order chi connectivity index (χ0) is 27.2. The van der Waals surface area contributed by atoms with E-state index >= 15 is 0 Å². The van der Waals surface area contributed by atoms with Gasteiger partial charge in [-0.1, -0.05) is 24.3 Å². The summed E-state index contributed by atoms with van der Waals surface area (Å²) >= 11 is 0. The van der Waals surface area contributed by atoms with Crippen molar-refractivity contribution in [2.75, 3.05) is 33.9 Å². The summed E-state index contributed by atoms with van der Waals surface area (Å²) in [5.41, 5.74) is 3.22. The van der Waals surface area contributed by atoms with Crippen molar-refractivity contribution in [1.29, 1.82) is 5.26 Å². The lowest BCUT2D eigenvalue weighted by atomic mass is 10.1. The van der Waals surface area contributed by atoms with Crippen LogP contribution in [-0.2, 0) is 4.79 Å². The zero-order valence-corrected chi connectivity index (χ0v) is 21.1. The Hall–Kier alpha value is -5.30. The molecule has 1 heterocycles. The smallest absolute Gasteiger partial charge is 0.280 e. The maximum atomic E-state index is 13.5. The molecule has 0 fully saturated rings. The minimum Gasteiger partial charge on any atom is -0.497 e. The van der Waals surface area contributed by atoms with Gasteiger partial charge < -0.3 is 18.9 Å². The first-order valence-corrected chi connectivity index (χ1v) is 11.3. The van der Waals surface area contributed by atoms with Crippen molar-refractivity contribution in [2.24, 2.45) is 0 Å². The van der Waals surface area contributed by atoms with Gasteiger partial charge in [-0.3, -0.25) is 15.0 Å². The van der Waals surface area contributed by atoms with E-state index in [9.17, 15) is 14.9 Å². The van der Waals surface area contributed by atoms with Crippen LogP contribution in [0.2, 0.25) is 0 Å². The third-order valence-corrected chi connectivity index (χ3v) is 5.70. The highest BCUT2D eigenvalue weighted by atomic mass is 16.5. The van der Waals surface area contributed by atoms with Crippen molar-refractivity contribution >= 4 is 22.9 Å². The van der Waals surface area contributed by atoms with Crippen LogP contribution >= 0.6 is 0 Å². The SMILES string of the molecule is COc1ccc(/C=C(\C#N)C(=O)Nn2c(-c3cc(OC)c(OC)c(OC)c3)nc3ccccc3c2=O)cc1. The van der Waals surface area contributed by atoms with Gasteiger partial charge >= 0.3 is 0 Å². The molecule has 3 aromatic carbocycles. The third-order valence-electron chi connectivity index (χ3n) is 5.70. The van der Waals surface area contributed by atoms with E-state index in [1.54, 1.807) is 67.8 Å². The monoisotopic (exact) mass is 512 g/mol. The van der Waals surface area contributed by atoms with E-state index in [0.29, 0.717) is 39.6 Å². The standard InChI is InChI=1S/C28H24N4O6/c1-35-20-11-9-17(10-12-20)13-19(16-29)27(33)31-32-26(30-22-8-6-5-7-21(22)28(32)34)18-14-23(36-2)25(38-4)24(15-18)37-3/h5-15H,1-4H3,(H,31,33)/b19-13+. The van der Waals surface area contributed by atoms with Gasteiger partial charge in [0.1, 0.15) is 17.4 Å². The van der Waals surface area contributed by atoms with Gasteiger partial charge in [0.2, 0.25) is 5.75 Å². The summed E-state index contributed by atoms with van der Waals surface area (Å²) in [6.45, 7) is 0. The predicted molar refractivity (Wildman–Crippen MR) is 142 cm³/mol. The summed E-state index contributed by atoms with van der Waals surface area (Å²) in [5.74, 6) is 0.957. The Morgan fingerprint density at radius 2 is 1.61 bits per heavy atom. The molecule has 0 aliphatic rings. The first kappa shape index (κ1) is 25.8. The molecular weight excluding hydrogens is 488 g/mol. The quantitative estimate of drug-likeness (QED) is 0.279. The number of methoxy groups -OCH3 is 4. The number of carbonyl (C=O) groups is 1. The number of benzene rings is 3. The molecule has 0 bridgehead atoms. The van der Waals surface area contributed by atoms with Gasteiger partial charge in [0.05, 0.1) is 39.3 Å². The van der Waals surface area contributed by atoms with Crippen LogP contribution < -0.4 is 29.9 Å². The number of hydrogen-bond acceptors (Lipinski definition) is 8. The second kappa shape index (κ2) is 11.2. The number of carbonyl (C=O) groups excluding carboxylic acids is 1. The van der Waals surface area contributed by atoms with E-state index in [2.05, 4.69) is 10.4 Å². The van der Waals surface area contributed by atoms with Crippen LogP contribution in [0.3, 0.4) is 0 Å². The Balaban J connectivity index is 1.86. The summed E-state index contributed by atoms with van der Waals surface area (Å²) in [4.78, 5) is 31.4. The molecule has 0 aliphatic carbocycles. The van der Waals surface area contributed by atoms with Crippen LogP contribution in [0.4, 0.5) is 0 Å². The second-order valence-corrected chi connectivity index (χ2v) is 7.89. The molecule has 10 heteroatoms. The second-order valence-electron chi connectivity index (χ2n) is 7.89. The number of hydrogen-bond donors (Lipinski definition) is 1. The minimum atomic E-state index is -0.795. The fourth-order valence-electron chi connectivity index (χ4n) is 3.82. The first-order valence-electron chi connectivity index (χ1n) is 11.3. The van der Waals surface area contributed by atoms with Gasteiger partial charge in [-0.05, 0) is 48.0 Å². The fraction of sp³-hybridized carbons (Fsp3) is 0.143. The van der Waals surface area contributed by atoms with E-state index < -0.39 is 11.5 Å². The summed E-state index contributed by atoms with van der Waals surface area (Å²) in [6, 6.07) is 18.7. The molecule has 38 heavy (non-hydrogen) atoms. The Morgan fingerprint density at radius 1 is 0.947 bits per heavy atom. The molecular formula is C28H24N4O6. The molecule has 0 aliphatic heterocycles. The van der Waals surface area contributed by atoms with E-state index in [4.69, 9.17) is 18.9 Å². The summed E-state index contributed by atoms with van der Waals surface area (Å²) in [6.07, 6.45) is 1.41. The molecule has 0 radical (unpaired) electrons. The van der Waals surface area contributed by atoms with E-state index in [1.807, 2.05) is 6.07 Å². The largest absolute Gasteiger partial charge is 0.497 e. The lowest BCUT2D eigenvalue weighted by Gasteiger charge is -2.17. The van der Waals surface area contributed by atoms with Crippen molar-refractivity contribution in [2.45, 2.75) is 0 Å². The average molecular weight is 513 g/mol. The Bertz CT molecular complexity index is 1610. The summed E-state index contributed by atoms with van der Waals surface area (Å²) < 4.78 is 22.4. The number of amides is 1. The van der Waals surface area contributed by atoms with Gasteiger partial charge in [-0.2, -0.15) is 9.94 Å². The number of nitrogens with one attached hydrogen (secondary N) is 1. The molecule has 4 rings (SSSR count). The highest BCUT2D eigenvalue weighted by Crippen LogP contribution is 2.40. The minimum absolute atomic E-state index is 0.100. The van der Waals surface area contributed by atoms with Gasteiger partial charge in [-0.25, -0.2) is 4.98 Å². The number of nitriles is 1. The van der Waals surface area contributed by atoms with Gasteiger partial charge in [-0.15, -0.1) is 0 Å². The van der Waals surface area contributed by atoms with Gasteiger partial charge in [0, 0.05) is 5.56 Å². The first-order chi connectivity index (χ1) is 18.4. The van der Waals surface area contributed by atoms with Crippen molar-refractivity contribution in [3.8, 4) is 40.5 Å². The highest BCUT2D eigenvalue weighted by Gasteiger charge is 2.21. The van der Waals surface area contributed by atoms with Crippen LogP contribution in [0.1, 0.15) is 5.56 Å². The maximum absolute atomic E-state index is 13.5. The van der Waals surface area contributed by atoms with Crippen molar-refractivity contribution in [3.05, 3.63) is 82.2 Å². The molecule has 192 valence electrons. The number of para-hydroxylation sites is 1. The molecule has 0 saturated carbocycles. The lowest BCUT2D eigenvalue weighted by Crippen LogP contribution is -2.35. The summed E-state index contributed by atoms with van der Waals surface area (Å²) in [5, 5.41) is 9.98. The molecule has 1 amide bonds. The van der Waals surface area contributed by atoms with Crippen molar-refractivity contribution < 1.29 is 23.7 Å². The highest BCUT2D eigenvalue weighted by molar-refractivity contribution is 6.06. The van der Waals surface area contributed by atoms with Gasteiger partial charge in [0.15, 0.2) is 17.3 Å². The van der Waals surface area contributed by atoms with Crippen molar-refractivity contribution in [3.63, 3.8) is 0 Å². The molecule has 0 unspecified atom stereocenters. The Kier molecular flexibility index (Phi) is 7.58. The summed E-state index contributed by atoms with van der Waals surface area (Å²) in [7, 11) is 5.95. The third kappa shape index (κ3) is 4.99. The molecule has 1 N–H and O–H groups in total. The molecule has 4 aromatic rings. The fourth-order valence-corrected chi connectivity index (χ4v) is 3.82. The predicted octanol–water partition coefficient (Wildman–Crippen LogP) is 3.78. The molecule has 0 atom stereocenters. The zero-order valence-electron chi connectivity index (χ0n) is 21.1. The Labute approximate surface area is 218 Å². The molecule has 0 spiro atoms. The van der Waals surface area contributed by atoms with Crippen LogP contribution in [0, 0.1) is 11.3 Å². The normalized spacial score (nSPS) is 11.0. The molecule has 0 saturated heterocycles. The maximum Gasteiger partial charge on any atom is 0.280 e. The number of nitrogens with zero attached hydrogens (tertiary/aromatic N) is 3. The number of ether oxygens (including phenoxy) is 4. The van der Waals surface area contributed by atoms with E-state index in [1.165, 1.54) is 27.4 Å². The van der Waals surface area contributed by atoms with Crippen molar-refractivity contribution in [1.82, 2.24) is 9.66 Å². The van der Waals surface area contributed by atoms with Crippen LogP contribution in [0.25, 0.3) is 28.4 Å². The van der Waals surface area contributed by atoms with Crippen LogP contribution in [0.15, 0.2) is 71.0 Å². The lowest BCUT2D eigenvalue weighted by molar-refractivity contribution is -0.113. The van der Waals surface area contributed by atoms with E-state index in [0.717, 1.165) is 4.68 Å². The van der Waals surface area contributed by atoms with E-state index in [-0.39, 0.29) is 16.8 Å². The van der Waals surface area contributed by atoms with Crippen LogP contribution in [-0.4, -0.2) is 44.0 Å². The van der Waals surface area contributed by atoms with Gasteiger partial charge in [0.25, 0.3) is 11.5 Å². The number of fused-ring (bicyclic) bond motifs is 1. The average Bonchev–Trinajstić information content (AvgIpc) is 2.96. The number of aromatic nitrogens is 2. The topological polar surface area (TPSA) is 125 Å². The number of rotatable bonds is 8. The molecule has 10 nitrogen and oxygen atoms in total. The Morgan fingerprint density at radius 3 is 2.18 bits per heavy atom. The van der Waals surface area contributed by atoms with Crippen LogP contribution in [0.5, 0.6) is 23.0 Å². The molecule has 1 aromatic heterocycles.